The molecule has 0 aromatic carbocycles. The summed E-state index contributed by atoms with van der Waals surface area (Å²) in [5.41, 5.74) is 6.09. The summed E-state index contributed by atoms with van der Waals surface area (Å²) in [5, 5.41) is 10.3. The quantitative estimate of drug-likeness (QED) is 0.787. The molecule has 86 valence electrons. The van der Waals surface area contributed by atoms with Crippen LogP contribution in [0.2, 0.25) is 0 Å². The van der Waals surface area contributed by atoms with Crippen LogP contribution in [-0.4, -0.2) is 33.6 Å². The highest BCUT2D eigenvalue weighted by Gasteiger charge is 2.13. The SMILES string of the molecule is COC(C)Cc1noc(-c2cc(N)n[nH]2)n1. The lowest BCUT2D eigenvalue weighted by molar-refractivity contribution is 0.116. The summed E-state index contributed by atoms with van der Waals surface area (Å²) in [6.07, 6.45) is 0.654. The molecule has 0 radical (unpaired) electrons. The number of hydrogen-bond acceptors (Lipinski definition) is 6. The van der Waals surface area contributed by atoms with Crippen LogP contribution in [0.3, 0.4) is 0 Å². The number of ether oxygens (including phenoxy) is 1. The first-order valence-electron chi connectivity index (χ1n) is 4.85. The van der Waals surface area contributed by atoms with Crippen molar-refractivity contribution in [2.24, 2.45) is 0 Å². The molecule has 2 heterocycles. The van der Waals surface area contributed by atoms with Crippen LogP contribution in [0.4, 0.5) is 5.82 Å². The number of nitrogens with one attached hydrogen (secondary N) is 1. The van der Waals surface area contributed by atoms with E-state index in [1.807, 2.05) is 6.92 Å². The van der Waals surface area contributed by atoms with Crippen molar-refractivity contribution in [3.63, 3.8) is 0 Å². The molecule has 0 amide bonds. The molecule has 2 aromatic heterocycles. The highest BCUT2D eigenvalue weighted by atomic mass is 16.5. The van der Waals surface area contributed by atoms with E-state index in [0.717, 1.165) is 0 Å². The zero-order valence-corrected chi connectivity index (χ0v) is 9.10. The normalized spacial score (nSPS) is 12.9. The van der Waals surface area contributed by atoms with Crippen LogP contribution in [0.15, 0.2) is 10.6 Å². The van der Waals surface area contributed by atoms with Gasteiger partial charge in [0.2, 0.25) is 0 Å². The second-order valence-corrected chi connectivity index (χ2v) is 3.47. The smallest absolute Gasteiger partial charge is 0.276 e. The average molecular weight is 223 g/mol. The number of nitrogens with two attached hydrogens (primary N) is 1. The van der Waals surface area contributed by atoms with Crippen LogP contribution in [0.25, 0.3) is 11.6 Å². The number of hydrogen-bond donors (Lipinski definition) is 2. The van der Waals surface area contributed by atoms with Gasteiger partial charge in [0.05, 0.1) is 6.10 Å². The first kappa shape index (κ1) is 10.6. The number of nitrogens with zero attached hydrogens (tertiary/aromatic N) is 3. The molecule has 16 heavy (non-hydrogen) atoms. The van der Waals surface area contributed by atoms with Crippen molar-refractivity contribution in [1.29, 1.82) is 0 Å². The minimum atomic E-state index is 0.0530. The minimum Gasteiger partial charge on any atom is -0.382 e. The molecule has 7 nitrogen and oxygen atoms in total. The zero-order chi connectivity index (χ0) is 11.5. The van der Waals surface area contributed by atoms with Crippen molar-refractivity contribution in [3.05, 3.63) is 11.9 Å². The van der Waals surface area contributed by atoms with Gasteiger partial charge in [0.25, 0.3) is 5.89 Å². The summed E-state index contributed by atoms with van der Waals surface area (Å²) in [6, 6.07) is 1.64. The highest BCUT2D eigenvalue weighted by molar-refractivity contribution is 5.51. The fraction of sp³-hybridized carbons (Fsp3) is 0.444. The van der Waals surface area contributed by atoms with Crippen LogP contribution in [-0.2, 0) is 11.2 Å². The van der Waals surface area contributed by atoms with E-state index >= 15 is 0 Å². The summed E-state index contributed by atoms with van der Waals surface area (Å²) in [6.45, 7) is 1.93. The number of H-pyrrole nitrogens is 1. The predicted molar refractivity (Wildman–Crippen MR) is 56.5 cm³/mol. The molecule has 2 aromatic rings. The van der Waals surface area contributed by atoms with Crippen molar-refractivity contribution in [2.75, 3.05) is 12.8 Å². The third-order valence-corrected chi connectivity index (χ3v) is 2.17. The van der Waals surface area contributed by atoms with Crippen LogP contribution >= 0.6 is 0 Å². The Kier molecular flexibility index (Phi) is 2.86. The summed E-state index contributed by atoms with van der Waals surface area (Å²) < 4.78 is 10.2. The Morgan fingerprint density at radius 2 is 2.44 bits per heavy atom. The van der Waals surface area contributed by atoms with E-state index in [0.29, 0.717) is 29.6 Å². The molecule has 0 aliphatic heterocycles. The zero-order valence-electron chi connectivity index (χ0n) is 9.10. The fourth-order valence-electron chi connectivity index (χ4n) is 1.23. The molecular formula is C9H13N5O2. The molecule has 0 saturated carbocycles. The minimum absolute atomic E-state index is 0.0530. The molecule has 7 heteroatoms. The molecule has 0 spiro atoms. The van der Waals surface area contributed by atoms with Crippen LogP contribution < -0.4 is 5.73 Å². The van der Waals surface area contributed by atoms with E-state index in [1.165, 1.54) is 0 Å². The standard InChI is InChI=1S/C9H13N5O2/c1-5(15-2)3-8-11-9(16-14-8)6-4-7(10)13-12-6/h4-5H,3H2,1-2H3,(H3,10,12,13). The molecule has 1 atom stereocenters. The lowest BCUT2D eigenvalue weighted by Crippen LogP contribution is -2.09. The molecule has 2 rings (SSSR count). The number of aromatic amines is 1. The van der Waals surface area contributed by atoms with Crippen LogP contribution in [0.1, 0.15) is 12.7 Å². The van der Waals surface area contributed by atoms with Gasteiger partial charge < -0.3 is 15.0 Å². The van der Waals surface area contributed by atoms with E-state index < -0.39 is 0 Å². The van der Waals surface area contributed by atoms with E-state index in [2.05, 4.69) is 20.3 Å². The molecule has 0 bridgehead atoms. The fourth-order valence-corrected chi connectivity index (χ4v) is 1.23. The van der Waals surface area contributed by atoms with E-state index in [4.69, 9.17) is 15.0 Å². The topological polar surface area (TPSA) is 103 Å². The van der Waals surface area contributed by atoms with Gasteiger partial charge >= 0.3 is 0 Å². The Balaban J connectivity index is 2.13. The maximum absolute atomic E-state index is 5.47. The Morgan fingerprint density at radius 1 is 1.62 bits per heavy atom. The van der Waals surface area contributed by atoms with Gasteiger partial charge in [0.15, 0.2) is 5.82 Å². The molecule has 0 aliphatic carbocycles. The number of anilines is 1. The Hall–Kier alpha value is -1.89. The summed E-state index contributed by atoms with van der Waals surface area (Å²) in [7, 11) is 1.64. The van der Waals surface area contributed by atoms with Crippen molar-refractivity contribution >= 4 is 5.82 Å². The van der Waals surface area contributed by atoms with Gasteiger partial charge in [0, 0.05) is 19.6 Å². The lowest BCUT2D eigenvalue weighted by Gasteiger charge is -2.03. The third kappa shape index (κ3) is 2.19. The van der Waals surface area contributed by atoms with Crippen molar-refractivity contribution < 1.29 is 9.26 Å². The maximum Gasteiger partial charge on any atom is 0.276 e. The molecule has 0 aliphatic rings. The summed E-state index contributed by atoms with van der Waals surface area (Å²) in [4.78, 5) is 4.20. The van der Waals surface area contributed by atoms with Crippen molar-refractivity contribution in [1.82, 2.24) is 20.3 Å². The average Bonchev–Trinajstić information content (AvgIpc) is 2.87. The molecule has 1 unspecified atom stereocenters. The van der Waals surface area contributed by atoms with Gasteiger partial charge in [-0.2, -0.15) is 10.1 Å². The van der Waals surface area contributed by atoms with Crippen molar-refractivity contribution in [2.45, 2.75) is 19.4 Å². The summed E-state index contributed by atoms with van der Waals surface area (Å²) in [5.74, 6) is 1.36. The Labute approximate surface area is 92.0 Å². The number of aromatic nitrogens is 4. The predicted octanol–water partition coefficient (Wildman–Crippen LogP) is 0.619. The summed E-state index contributed by atoms with van der Waals surface area (Å²) >= 11 is 0. The van der Waals surface area contributed by atoms with Gasteiger partial charge in [-0.3, -0.25) is 5.10 Å². The molecule has 0 fully saturated rings. The van der Waals surface area contributed by atoms with Gasteiger partial charge in [0.1, 0.15) is 11.5 Å². The second kappa shape index (κ2) is 4.31. The van der Waals surface area contributed by atoms with Gasteiger partial charge in [-0.15, -0.1) is 0 Å². The Bertz CT molecular complexity index is 464. The van der Waals surface area contributed by atoms with Gasteiger partial charge in [-0.1, -0.05) is 5.16 Å². The molecule has 0 saturated heterocycles. The lowest BCUT2D eigenvalue weighted by atomic mass is 10.3. The maximum atomic E-state index is 5.47. The second-order valence-electron chi connectivity index (χ2n) is 3.47. The first-order chi connectivity index (χ1) is 7.69. The third-order valence-electron chi connectivity index (χ3n) is 2.17. The van der Waals surface area contributed by atoms with Crippen LogP contribution in [0.5, 0.6) is 0 Å². The largest absolute Gasteiger partial charge is 0.382 e. The van der Waals surface area contributed by atoms with Crippen molar-refractivity contribution in [3.8, 4) is 11.6 Å². The van der Waals surface area contributed by atoms with Crippen LogP contribution in [0, 0.1) is 0 Å². The number of rotatable bonds is 4. The van der Waals surface area contributed by atoms with Gasteiger partial charge in [-0.25, -0.2) is 0 Å². The van der Waals surface area contributed by atoms with E-state index in [9.17, 15) is 0 Å². The molecular weight excluding hydrogens is 210 g/mol. The van der Waals surface area contributed by atoms with E-state index in [1.54, 1.807) is 13.2 Å². The number of methoxy groups -OCH3 is 1. The van der Waals surface area contributed by atoms with Gasteiger partial charge in [-0.05, 0) is 6.92 Å². The van der Waals surface area contributed by atoms with E-state index in [-0.39, 0.29) is 6.10 Å². The Morgan fingerprint density at radius 3 is 3.06 bits per heavy atom. The highest BCUT2D eigenvalue weighted by Crippen LogP contribution is 2.16. The molecule has 3 N–H and O–H groups in total. The first-order valence-corrected chi connectivity index (χ1v) is 4.85. The monoisotopic (exact) mass is 223 g/mol. The number of nitrogen functional groups attached to an aromatic ring is 1.